The zero-order valence-electron chi connectivity index (χ0n) is 14.9. The second kappa shape index (κ2) is 6.98. The van der Waals surface area contributed by atoms with Crippen molar-refractivity contribution in [3.8, 4) is 5.75 Å². The molecule has 2 atom stereocenters. The molecule has 1 amide bonds. The number of anilines is 1. The molecule has 1 heterocycles. The molecular weight excluding hydrogens is 331 g/mol. The van der Waals surface area contributed by atoms with E-state index in [0.29, 0.717) is 37.8 Å². The first kappa shape index (κ1) is 16.9. The maximum Gasteiger partial charge on any atom is 0.226 e. The maximum atomic E-state index is 13.9. The minimum atomic E-state index is -0.200. The molecule has 2 aliphatic rings. The largest absolute Gasteiger partial charge is 0.497 e. The molecule has 4 rings (SSSR count). The van der Waals surface area contributed by atoms with E-state index < -0.39 is 0 Å². The molecule has 136 valence electrons. The van der Waals surface area contributed by atoms with E-state index in [1.807, 2.05) is 40.1 Å². The van der Waals surface area contributed by atoms with Crippen molar-refractivity contribution in [2.75, 3.05) is 38.2 Å². The quantitative estimate of drug-likeness (QED) is 0.845. The van der Waals surface area contributed by atoms with Crippen molar-refractivity contribution >= 4 is 11.6 Å². The molecule has 2 unspecified atom stereocenters. The number of hydrogen-bond acceptors (Lipinski definition) is 3. The van der Waals surface area contributed by atoms with Crippen LogP contribution in [0.25, 0.3) is 0 Å². The van der Waals surface area contributed by atoms with Crippen molar-refractivity contribution in [1.82, 2.24) is 4.90 Å². The summed E-state index contributed by atoms with van der Waals surface area (Å²) in [6.45, 7) is 2.65. The third-order valence-electron chi connectivity index (χ3n) is 5.44. The second-order valence-corrected chi connectivity index (χ2v) is 6.99. The molecule has 2 aromatic rings. The third kappa shape index (κ3) is 3.26. The van der Waals surface area contributed by atoms with Crippen LogP contribution in [0.3, 0.4) is 0 Å². The fraction of sp³-hybridized carbons (Fsp3) is 0.381. The van der Waals surface area contributed by atoms with Gasteiger partial charge in [0, 0.05) is 32.1 Å². The van der Waals surface area contributed by atoms with Gasteiger partial charge in [0.25, 0.3) is 0 Å². The molecule has 1 aliphatic heterocycles. The summed E-state index contributed by atoms with van der Waals surface area (Å²) in [5.41, 5.74) is 1.83. The van der Waals surface area contributed by atoms with Crippen LogP contribution in [0.2, 0.25) is 0 Å². The molecule has 2 fully saturated rings. The van der Waals surface area contributed by atoms with Crippen LogP contribution in [0.15, 0.2) is 48.5 Å². The molecule has 0 spiro atoms. The summed E-state index contributed by atoms with van der Waals surface area (Å²) in [6.07, 6.45) is 0.915. The Labute approximate surface area is 153 Å². The monoisotopic (exact) mass is 354 g/mol. The Hall–Kier alpha value is -2.56. The van der Waals surface area contributed by atoms with Gasteiger partial charge in [-0.05, 0) is 42.2 Å². The first-order chi connectivity index (χ1) is 12.7. The van der Waals surface area contributed by atoms with E-state index in [1.54, 1.807) is 19.2 Å². The lowest BCUT2D eigenvalue weighted by molar-refractivity contribution is -0.132. The van der Waals surface area contributed by atoms with Gasteiger partial charge in [0.05, 0.1) is 12.8 Å². The van der Waals surface area contributed by atoms with Gasteiger partial charge < -0.3 is 14.5 Å². The van der Waals surface area contributed by atoms with E-state index in [-0.39, 0.29) is 17.6 Å². The van der Waals surface area contributed by atoms with Gasteiger partial charge in [-0.2, -0.15) is 0 Å². The molecule has 1 saturated heterocycles. The number of amides is 1. The number of methoxy groups -OCH3 is 1. The summed E-state index contributed by atoms with van der Waals surface area (Å²) >= 11 is 0. The summed E-state index contributed by atoms with van der Waals surface area (Å²) in [7, 11) is 1.65. The van der Waals surface area contributed by atoms with E-state index in [1.165, 1.54) is 11.6 Å². The van der Waals surface area contributed by atoms with Crippen molar-refractivity contribution in [2.45, 2.75) is 12.3 Å². The number of benzene rings is 2. The fourth-order valence-electron chi connectivity index (χ4n) is 3.80. The van der Waals surface area contributed by atoms with Crippen LogP contribution in [0.5, 0.6) is 5.75 Å². The topological polar surface area (TPSA) is 32.8 Å². The van der Waals surface area contributed by atoms with Gasteiger partial charge in [0.15, 0.2) is 0 Å². The van der Waals surface area contributed by atoms with Gasteiger partial charge in [-0.25, -0.2) is 4.39 Å². The van der Waals surface area contributed by atoms with Crippen LogP contribution in [0, 0.1) is 11.7 Å². The number of rotatable bonds is 4. The first-order valence-corrected chi connectivity index (χ1v) is 9.09. The highest BCUT2D eigenvalue weighted by molar-refractivity contribution is 5.83. The molecule has 1 saturated carbocycles. The summed E-state index contributed by atoms with van der Waals surface area (Å²) in [6, 6.07) is 14.8. The predicted octanol–water partition coefficient (Wildman–Crippen LogP) is 3.29. The average Bonchev–Trinajstić information content (AvgIpc) is 3.49. The van der Waals surface area contributed by atoms with Crippen molar-refractivity contribution in [2.24, 2.45) is 5.92 Å². The first-order valence-electron chi connectivity index (χ1n) is 9.09. The molecule has 0 aromatic heterocycles. The summed E-state index contributed by atoms with van der Waals surface area (Å²) in [5, 5.41) is 0. The highest BCUT2D eigenvalue weighted by Crippen LogP contribution is 2.48. The Morgan fingerprint density at radius 1 is 1.04 bits per heavy atom. The highest BCUT2D eigenvalue weighted by atomic mass is 19.1. The van der Waals surface area contributed by atoms with Gasteiger partial charge >= 0.3 is 0 Å². The lowest BCUT2D eigenvalue weighted by Crippen LogP contribution is -2.49. The van der Waals surface area contributed by atoms with Crippen LogP contribution in [0.1, 0.15) is 17.9 Å². The van der Waals surface area contributed by atoms with Crippen LogP contribution in [-0.4, -0.2) is 44.1 Å². The maximum absolute atomic E-state index is 13.9. The second-order valence-electron chi connectivity index (χ2n) is 6.99. The predicted molar refractivity (Wildman–Crippen MR) is 99.0 cm³/mol. The molecule has 26 heavy (non-hydrogen) atoms. The Morgan fingerprint density at radius 3 is 2.38 bits per heavy atom. The summed E-state index contributed by atoms with van der Waals surface area (Å²) in [4.78, 5) is 16.7. The van der Waals surface area contributed by atoms with Gasteiger partial charge in [-0.3, -0.25) is 4.79 Å². The van der Waals surface area contributed by atoms with Gasteiger partial charge in [0.2, 0.25) is 5.91 Å². The van der Waals surface area contributed by atoms with Crippen molar-refractivity contribution in [3.05, 3.63) is 59.9 Å². The number of para-hydroxylation sites is 1. The van der Waals surface area contributed by atoms with Crippen molar-refractivity contribution < 1.29 is 13.9 Å². The van der Waals surface area contributed by atoms with Crippen LogP contribution < -0.4 is 9.64 Å². The Balaban J connectivity index is 1.34. The molecular formula is C21H23FN2O2. The fourth-order valence-corrected chi connectivity index (χ4v) is 3.80. The van der Waals surface area contributed by atoms with Crippen LogP contribution in [0.4, 0.5) is 10.1 Å². The molecule has 1 aliphatic carbocycles. The van der Waals surface area contributed by atoms with E-state index in [0.717, 1.165) is 12.2 Å². The Kier molecular flexibility index (Phi) is 4.53. The van der Waals surface area contributed by atoms with Gasteiger partial charge in [-0.1, -0.05) is 24.3 Å². The van der Waals surface area contributed by atoms with E-state index in [9.17, 15) is 9.18 Å². The zero-order valence-corrected chi connectivity index (χ0v) is 14.9. The molecule has 5 heteroatoms. The number of carbonyl (C=O) groups excluding carboxylic acids is 1. The minimum Gasteiger partial charge on any atom is -0.497 e. The van der Waals surface area contributed by atoms with E-state index >= 15 is 0 Å². The van der Waals surface area contributed by atoms with E-state index in [2.05, 4.69) is 0 Å². The minimum absolute atomic E-state index is 0.0865. The number of ether oxygens (including phenoxy) is 1. The molecule has 4 nitrogen and oxygen atoms in total. The van der Waals surface area contributed by atoms with Crippen LogP contribution in [-0.2, 0) is 4.79 Å². The third-order valence-corrected chi connectivity index (χ3v) is 5.44. The SMILES string of the molecule is COc1ccc(C2CC2C(=O)N2CCN(c3ccccc3F)CC2)cc1. The number of carbonyl (C=O) groups is 1. The van der Waals surface area contributed by atoms with Crippen molar-refractivity contribution in [1.29, 1.82) is 0 Å². The summed E-state index contributed by atoms with van der Waals surface area (Å²) < 4.78 is 19.1. The zero-order chi connectivity index (χ0) is 18.1. The summed E-state index contributed by atoms with van der Waals surface area (Å²) in [5.74, 6) is 1.27. The normalized spacial score (nSPS) is 22.2. The number of nitrogens with zero attached hydrogens (tertiary/aromatic N) is 2. The standard InChI is InChI=1S/C21H23FN2O2/c1-26-16-8-6-15(7-9-16)17-14-18(17)21(25)24-12-10-23(11-13-24)20-5-3-2-4-19(20)22/h2-9,17-18H,10-14H2,1H3. The molecule has 0 bridgehead atoms. The number of halogens is 1. The Bertz CT molecular complexity index is 785. The van der Waals surface area contributed by atoms with Crippen molar-refractivity contribution in [3.63, 3.8) is 0 Å². The lowest BCUT2D eigenvalue weighted by atomic mass is 10.1. The lowest BCUT2D eigenvalue weighted by Gasteiger charge is -2.36. The molecule has 0 N–H and O–H groups in total. The van der Waals surface area contributed by atoms with Crippen LogP contribution >= 0.6 is 0 Å². The number of hydrogen-bond donors (Lipinski definition) is 0. The molecule has 2 aromatic carbocycles. The van der Waals surface area contributed by atoms with Gasteiger partial charge in [0.1, 0.15) is 11.6 Å². The Morgan fingerprint density at radius 2 is 1.73 bits per heavy atom. The van der Waals surface area contributed by atoms with E-state index in [4.69, 9.17) is 4.74 Å². The van der Waals surface area contributed by atoms with Gasteiger partial charge in [-0.15, -0.1) is 0 Å². The molecule has 0 radical (unpaired) electrons. The smallest absolute Gasteiger partial charge is 0.226 e. The number of piperazine rings is 1. The average molecular weight is 354 g/mol. The highest BCUT2D eigenvalue weighted by Gasteiger charge is 2.46.